The van der Waals surface area contributed by atoms with E-state index in [2.05, 4.69) is 10.3 Å². The normalized spacial score (nSPS) is 26.6. The van der Waals surface area contributed by atoms with Gasteiger partial charge in [-0.2, -0.15) is 4.39 Å². The zero-order valence-electron chi connectivity index (χ0n) is 11.6. The second kappa shape index (κ2) is 5.74. The van der Waals surface area contributed by atoms with Crippen molar-refractivity contribution in [3.63, 3.8) is 0 Å². The molecule has 110 valence electrons. The van der Waals surface area contributed by atoms with Crippen LogP contribution in [0.25, 0.3) is 11.1 Å². The summed E-state index contributed by atoms with van der Waals surface area (Å²) in [5.41, 5.74) is 2.69. The average molecular weight is 305 g/mol. The number of halogens is 2. The lowest BCUT2D eigenvalue weighted by molar-refractivity contribution is 0.502. The second-order valence-electron chi connectivity index (χ2n) is 5.86. The van der Waals surface area contributed by atoms with Gasteiger partial charge in [0.2, 0.25) is 5.95 Å². The Bertz CT molecular complexity index is 632. The quantitative estimate of drug-likeness (QED) is 0.851. The van der Waals surface area contributed by atoms with E-state index >= 15 is 0 Å². The maximum Gasteiger partial charge on any atom is 0.220 e. The Morgan fingerprint density at radius 1 is 1.14 bits per heavy atom. The Labute approximate surface area is 130 Å². The van der Waals surface area contributed by atoms with E-state index in [1.165, 1.54) is 18.4 Å². The third kappa shape index (κ3) is 2.56. The first kappa shape index (κ1) is 14.5. The first-order chi connectivity index (χ1) is 9.81. The van der Waals surface area contributed by atoms with Crippen molar-refractivity contribution in [3.8, 4) is 11.1 Å². The topological polar surface area (TPSA) is 24.9 Å². The number of nitrogens with one attached hydrogen (secondary N) is 1. The maximum atomic E-state index is 14.0. The minimum Gasteiger partial charge on any atom is -0.311 e. The minimum atomic E-state index is -0.379. The molecule has 2 fully saturated rings. The van der Waals surface area contributed by atoms with E-state index in [1.807, 2.05) is 36.4 Å². The number of pyridine rings is 1. The smallest absolute Gasteiger partial charge is 0.220 e. The van der Waals surface area contributed by atoms with E-state index in [0.717, 1.165) is 12.0 Å². The third-order valence-electron chi connectivity index (χ3n) is 4.67. The van der Waals surface area contributed by atoms with Crippen molar-refractivity contribution in [1.82, 2.24) is 10.3 Å². The van der Waals surface area contributed by atoms with Crippen molar-refractivity contribution in [2.45, 2.75) is 37.3 Å². The monoisotopic (exact) mass is 304 g/mol. The highest BCUT2D eigenvalue weighted by atomic mass is 35.5. The van der Waals surface area contributed by atoms with E-state index in [1.54, 1.807) is 6.20 Å². The Morgan fingerprint density at radius 2 is 1.95 bits per heavy atom. The van der Waals surface area contributed by atoms with Gasteiger partial charge in [0.15, 0.2) is 0 Å². The highest BCUT2D eigenvalue weighted by molar-refractivity contribution is 5.85. The van der Waals surface area contributed by atoms with Crippen molar-refractivity contribution < 1.29 is 4.39 Å². The van der Waals surface area contributed by atoms with Gasteiger partial charge in [-0.1, -0.05) is 30.3 Å². The minimum absolute atomic E-state index is 0. The molecule has 2 aromatic rings. The van der Waals surface area contributed by atoms with Gasteiger partial charge in [-0.3, -0.25) is 0 Å². The Hall–Kier alpha value is -1.45. The van der Waals surface area contributed by atoms with E-state index in [4.69, 9.17) is 0 Å². The molecule has 1 N–H and O–H groups in total. The lowest BCUT2D eigenvalue weighted by Crippen LogP contribution is -2.21. The molecule has 0 amide bonds. The third-order valence-corrected chi connectivity index (χ3v) is 4.67. The standard InChI is InChI=1S/C17H17FN2.ClH/c18-17-15(11-4-2-1-3-5-11)8-12(10-19-17)14-9-13-6-7-16(14)20-13;/h1-5,8,10,13-14,16,20H,6-7,9H2;1H. The molecule has 2 bridgehead atoms. The van der Waals surface area contributed by atoms with Crippen LogP contribution in [0, 0.1) is 5.95 Å². The van der Waals surface area contributed by atoms with Gasteiger partial charge in [-0.25, -0.2) is 4.98 Å². The Morgan fingerprint density at radius 3 is 2.62 bits per heavy atom. The van der Waals surface area contributed by atoms with Crippen LogP contribution in [0.2, 0.25) is 0 Å². The number of hydrogen-bond acceptors (Lipinski definition) is 2. The van der Waals surface area contributed by atoms with Crippen LogP contribution < -0.4 is 5.32 Å². The SMILES string of the molecule is Cl.Fc1ncc(C2CC3CCC2N3)cc1-c1ccccc1. The van der Waals surface area contributed by atoms with Gasteiger partial charge in [0, 0.05) is 29.8 Å². The van der Waals surface area contributed by atoms with Gasteiger partial charge in [-0.15, -0.1) is 12.4 Å². The largest absolute Gasteiger partial charge is 0.311 e. The summed E-state index contributed by atoms with van der Waals surface area (Å²) < 4.78 is 14.0. The number of hydrogen-bond donors (Lipinski definition) is 1. The highest BCUT2D eigenvalue weighted by Crippen LogP contribution is 2.40. The maximum absolute atomic E-state index is 14.0. The fourth-order valence-corrected chi connectivity index (χ4v) is 3.68. The molecule has 21 heavy (non-hydrogen) atoms. The number of benzene rings is 1. The predicted octanol–water partition coefficient (Wildman–Crippen LogP) is 3.92. The molecule has 4 rings (SSSR count). The van der Waals surface area contributed by atoms with Crippen molar-refractivity contribution >= 4 is 12.4 Å². The molecular weight excluding hydrogens is 287 g/mol. The molecule has 2 aliphatic heterocycles. The molecule has 2 aliphatic rings. The number of nitrogens with zero attached hydrogens (tertiary/aromatic N) is 1. The van der Waals surface area contributed by atoms with Crippen molar-refractivity contribution in [2.75, 3.05) is 0 Å². The molecule has 3 atom stereocenters. The summed E-state index contributed by atoms with van der Waals surface area (Å²) in [6.45, 7) is 0. The molecule has 0 aliphatic carbocycles. The molecule has 1 aromatic heterocycles. The van der Waals surface area contributed by atoms with Gasteiger partial charge < -0.3 is 5.32 Å². The van der Waals surface area contributed by atoms with Crippen LogP contribution >= 0.6 is 12.4 Å². The number of rotatable bonds is 2. The summed E-state index contributed by atoms with van der Waals surface area (Å²) in [4.78, 5) is 3.99. The van der Waals surface area contributed by atoms with Crippen LogP contribution in [0.3, 0.4) is 0 Å². The first-order valence-electron chi connectivity index (χ1n) is 7.28. The number of aromatic nitrogens is 1. The van der Waals surface area contributed by atoms with Crippen LogP contribution in [0.4, 0.5) is 4.39 Å². The molecule has 0 spiro atoms. The fourth-order valence-electron chi connectivity index (χ4n) is 3.68. The molecule has 3 heterocycles. The van der Waals surface area contributed by atoms with Gasteiger partial charge in [-0.05, 0) is 36.5 Å². The summed E-state index contributed by atoms with van der Waals surface area (Å²) >= 11 is 0. The lowest BCUT2D eigenvalue weighted by Gasteiger charge is -2.20. The van der Waals surface area contributed by atoms with E-state index in [-0.39, 0.29) is 18.4 Å². The Kier molecular flexibility index (Phi) is 3.96. The van der Waals surface area contributed by atoms with E-state index < -0.39 is 0 Å². The zero-order valence-corrected chi connectivity index (χ0v) is 12.4. The van der Waals surface area contributed by atoms with Crippen LogP contribution in [0.1, 0.15) is 30.7 Å². The second-order valence-corrected chi connectivity index (χ2v) is 5.86. The average Bonchev–Trinajstić information content (AvgIpc) is 3.11. The van der Waals surface area contributed by atoms with E-state index in [9.17, 15) is 4.39 Å². The summed E-state index contributed by atoms with van der Waals surface area (Å²) in [5, 5.41) is 3.63. The van der Waals surface area contributed by atoms with Crippen molar-refractivity contribution in [3.05, 3.63) is 54.1 Å². The summed E-state index contributed by atoms with van der Waals surface area (Å²) in [6, 6.07) is 12.9. The summed E-state index contributed by atoms with van der Waals surface area (Å²) in [6.07, 6.45) is 5.38. The van der Waals surface area contributed by atoms with Crippen LogP contribution in [0.15, 0.2) is 42.6 Å². The van der Waals surface area contributed by atoms with E-state index in [0.29, 0.717) is 23.6 Å². The molecule has 0 saturated carbocycles. The van der Waals surface area contributed by atoms with Gasteiger partial charge in [0.05, 0.1) is 0 Å². The van der Waals surface area contributed by atoms with Crippen molar-refractivity contribution in [1.29, 1.82) is 0 Å². The molecule has 2 nitrogen and oxygen atoms in total. The first-order valence-corrected chi connectivity index (χ1v) is 7.28. The van der Waals surface area contributed by atoms with Crippen molar-refractivity contribution in [2.24, 2.45) is 0 Å². The van der Waals surface area contributed by atoms with Gasteiger partial charge in [0.25, 0.3) is 0 Å². The van der Waals surface area contributed by atoms with Crippen LogP contribution in [-0.4, -0.2) is 17.1 Å². The molecule has 4 heteroatoms. The molecule has 3 unspecified atom stereocenters. The molecular formula is C17H18ClFN2. The van der Waals surface area contributed by atoms with Crippen LogP contribution in [-0.2, 0) is 0 Å². The Balaban J connectivity index is 0.00000132. The van der Waals surface area contributed by atoms with Gasteiger partial charge >= 0.3 is 0 Å². The lowest BCUT2D eigenvalue weighted by atomic mass is 9.84. The summed E-state index contributed by atoms with van der Waals surface area (Å²) in [5.74, 6) is 0.111. The fraction of sp³-hybridized carbons (Fsp3) is 0.353. The van der Waals surface area contributed by atoms with Gasteiger partial charge in [0.1, 0.15) is 0 Å². The predicted molar refractivity (Wildman–Crippen MR) is 84.2 cm³/mol. The zero-order chi connectivity index (χ0) is 13.5. The number of fused-ring (bicyclic) bond motifs is 2. The molecule has 2 saturated heterocycles. The molecule has 1 aromatic carbocycles. The highest BCUT2D eigenvalue weighted by Gasteiger charge is 2.39. The molecule has 0 radical (unpaired) electrons. The summed E-state index contributed by atoms with van der Waals surface area (Å²) in [7, 11) is 0. The van der Waals surface area contributed by atoms with Crippen LogP contribution in [0.5, 0.6) is 0 Å².